The lowest BCUT2D eigenvalue weighted by atomic mass is 10.1. The van der Waals surface area contributed by atoms with E-state index in [1.54, 1.807) is 6.07 Å². The van der Waals surface area contributed by atoms with Crippen molar-refractivity contribution in [2.24, 2.45) is 5.92 Å². The number of carbonyl (C=O) groups excluding carboxylic acids is 1. The number of hydrogen-bond donors (Lipinski definition) is 0. The number of nitrogens with zero attached hydrogens (tertiary/aromatic N) is 3. The maximum absolute atomic E-state index is 12.4. The molecule has 1 unspecified atom stereocenters. The molecule has 0 bridgehead atoms. The molecule has 0 aromatic carbocycles. The van der Waals surface area contributed by atoms with Crippen LogP contribution in [0.25, 0.3) is 10.2 Å². The van der Waals surface area contributed by atoms with Crippen molar-refractivity contribution in [1.82, 2.24) is 14.5 Å². The second-order valence-corrected chi connectivity index (χ2v) is 6.69. The van der Waals surface area contributed by atoms with Crippen molar-refractivity contribution < 1.29 is 9.53 Å². The third-order valence-electron chi connectivity index (χ3n) is 4.25. The molecule has 0 radical (unpaired) electrons. The van der Waals surface area contributed by atoms with Crippen LogP contribution in [0, 0.1) is 5.92 Å². The number of fused-ring (bicyclic) bond motifs is 1. The first kappa shape index (κ1) is 16.1. The Bertz CT molecular complexity index is 733. The van der Waals surface area contributed by atoms with Gasteiger partial charge in [0.05, 0.1) is 18.3 Å². The Morgan fingerprint density at radius 3 is 3.17 bits per heavy atom. The van der Waals surface area contributed by atoms with Crippen LogP contribution in [0.5, 0.6) is 0 Å². The molecule has 1 atom stereocenters. The van der Waals surface area contributed by atoms with Crippen molar-refractivity contribution in [3.8, 4) is 0 Å². The van der Waals surface area contributed by atoms with E-state index in [-0.39, 0.29) is 11.5 Å². The van der Waals surface area contributed by atoms with E-state index in [0.29, 0.717) is 30.8 Å². The highest BCUT2D eigenvalue weighted by atomic mass is 32.1. The number of aryl methyl sites for hydroxylation is 1. The van der Waals surface area contributed by atoms with Crippen LogP contribution in [0.15, 0.2) is 22.6 Å². The Hall–Kier alpha value is -1.73. The van der Waals surface area contributed by atoms with E-state index in [9.17, 15) is 9.59 Å². The summed E-state index contributed by atoms with van der Waals surface area (Å²) in [5.41, 5.74) is -0.0729. The number of hydrogen-bond acceptors (Lipinski definition) is 5. The first-order valence-electron chi connectivity index (χ1n) is 7.97. The van der Waals surface area contributed by atoms with Crippen molar-refractivity contribution in [3.05, 3.63) is 28.1 Å². The molecule has 1 saturated heterocycles. The molecule has 6 nitrogen and oxygen atoms in total. The fourth-order valence-corrected chi connectivity index (χ4v) is 3.60. The van der Waals surface area contributed by atoms with Gasteiger partial charge in [0.15, 0.2) is 0 Å². The maximum Gasteiger partial charge on any atom is 0.262 e. The number of thiophene rings is 1. The minimum Gasteiger partial charge on any atom is -0.381 e. The highest BCUT2D eigenvalue weighted by molar-refractivity contribution is 7.16. The van der Waals surface area contributed by atoms with E-state index in [2.05, 4.69) is 4.98 Å². The number of ether oxygens (including phenoxy) is 1. The first-order chi connectivity index (χ1) is 11.2. The second kappa shape index (κ2) is 7.23. The summed E-state index contributed by atoms with van der Waals surface area (Å²) in [6.07, 6.45) is 2.87. The van der Waals surface area contributed by atoms with Gasteiger partial charge in [0, 0.05) is 38.6 Å². The first-order valence-corrected chi connectivity index (χ1v) is 8.85. The van der Waals surface area contributed by atoms with Crippen LogP contribution in [0.1, 0.15) is 19.8 Å². The van der Waals surface area contributed by atoms with Crippen molar-refractivity contribution in [2.45, 2.75) is 26.3 Å². The van der Waals surface area contributed by atoms with Crippen LogP contribution in [0.4, 0.5) is 0 Å². The van der Waals surface area contributed by atoms with Crippen LogP contribution in [0.3, 0.4) is 0 Å². The molecule has 3 rings (SSSR count). The smallest absolute Gasteiger partial charge is 0.262 e. The fraction of sp³-hybridized carbons (Fsp3) is 0.562. The van der Waals surface area contributed by atoms with E-state index in [1.807, 2.05) is 17.2 Å². The standard InChI is InChI=1S/C16H21N3O3S/c1-2-18(9-12-4-7-22-10-12)14(20)3-6-19-11-17-15-13(16(19)21)5-8-23-15/h5,8,11-12H,2-4,6-7,9-10H2,1H3. The number of carbonyl (C=O) groups is 1. The molecule has 0 spiro atoms. The van der Waals surface area contributed by atoms with Gasteiger partial charge in [-0.1, -0.05) is 0 Å². The molecule has 23 heavy (non-hydrogen) atoms. The van der Waals surface area contributed by atoms with Crippen LogP contribution >= 0.6 is 11.3 Å². The third kappa shape index (κ3) is 3.61. The van der Waals surface area contributed by atoms with Crippen molar-refractivity contribution in [2.75, 3.05) is 26.3 Å². The summed E-state index contributed by atoms with van der Waals surface area (Å²) in [5, 5.41) is 2.48. The van der Waals surface area contributed by atoms with Crippen LogP contribution in [0.2, 0.25) is 0 Å². The average Bonchev–Trinajstić information content (AvgIpc) is 3.23. The summed E-state index contributed by atoms with van der Waals surface area (Å²) < 4.78 is 6.90. The summed E-state index contributed by atoms with van der Waals surface area (Å²) >= 11 is 1.45. The molecule has 1 fully saturated rings. The molecule has 7 heteroatoms. The summed E-state index contributed by atoms with van der Waals surface area (Å²) in [7, 11) is 0. The number of aromatic nitrogens is 2. The Morgan fingerprint density at radius 2 is 2.43 bits per heavy atom. The van der Waals surface area contributed by atoms with E-state index in [0.717, 1.165) is 31.0 Å². The fourth-order valence-electron chi connectivity index (χ4n) is 2.87. The zero-order valence-electron chi connectivity index (χ0n) is 13.2. The Morgan fingerprint density at radius 1 is 1.57 bits per heavy atom. The molecule has 0 saturated carbocycles. The van der Waals surface area contributed by atoms with Crippen molar-refractivity contribution >= 4 is 27.5 Å². The molecular formula is C16H21N3O3S. The van der Waals surface area contributed by atoms with E-state index in [1.165, 1.54) is 22.2 Å². The Kier molecular flexibility index (Phi) is 5.07. The summed E-state index contributed by atoms with van der Waals surface area (Å²) in [4.78, 5) is 31.6. The molecule has 1 aliphatic rings. The van der Waals surface area contributed by atoms with Gasteiger partial charge in [0.2, 0.25) is 5.91 Å². The second-order valence-electron chi connectivity index (χ2n) is 5.79. The molecule has 1 amide bonds. The predicted molar refractivity (Wildman–Crippen MR) is 89.7 cm³/mol. The summed E-state index contributed by atoms with van der Waals surface area (Å²) in [5.74, 6) is 0.516. The SMILES string of the molecule is CCN(CC1CCOC1)C(=O)CCn1cnc2sccc2c1=O. The van der Waals surface area contributed by atoms with Gasteiger partial charge >= 0.3 is 0 Å². The van der Waals surface area contributed by atoms with E-state index >= 15 is 0 Å². The Labute approximate surface area is 138 Å². The zero-order valence-corrected chi connectivity index (χ0v) is 14.1. The Balaban J connectivity index is 1.62. The van der Waals surface area contributed by atoms with Crippen LogP contribution in [-0.4, -0.2) is 46.7 Å². The van der Waals surface area contributed by atoms with Gasteiger partial charge in [-0.25, -0.2) is 4.98 Å². The van der Waals surface area contributed by atoms with Crippen LogP contribution in [-0.2, 0) is 16.1 Å². The number of amides is 1. The summed E-state index contributed by atoms with van der Waals surface area (Å²) in [6, 6.07) is 1.78. The summed E-state index contributed by atoms with van der Waals surface area (Å²) in [6.45, 7) is 5.31. The van der Waals surface area contributed by atoms with E-state index in [4.69, 9.17) is 4.74 Å². The van der Waals surface area contributed by atoms with Gasteiger partial charge in [-0.05, 0) is 24.8 Å². The average molecular weight is 335 g/mol. The normalized spacial score (nSPS) is 17.7. The monoisotopic (exact) mass is 335 g/mol. The maximum atomic E-state index is 12.4. The largest absolute Gasteiger partial charge is 0.381 e. The van der Waals surface area contributed by atoms with Crippen LogP contribution < -0.4 is 5.56 Å². The lowest BCUT2D eigenvalue weighted by Crippen LogP contribution is -2.36. The molecule has 0 N–H and O–H groups in total. The lowest BCUT2D eigenvalue weighted by molar-refractivity contribution is -0.131. The minimum absolute atomic E-state index is 0.0729. The predicted octanol–water partition coefficient (Wildman–Crippen LogP) is 1.73. The molecule has 0 aliphatic carbocycles. The highest BCUT2D eigenvalue weighted by Crippen LogP contribution is 2.15. The molecule has 3 heterocycles. The number of rotatable bonds is 6. The third-order valence-corrected chi connectivity index (χ3v) is 5.07. The minimum atomic E-state index is -0.0729. The zero-order chi connectivity index (χ0) is 16.2. The topological polar surface area (TPSA) is 64.4 Å². The van der Waals surface area contributed by atoms with Gasteiger partial charge in [-0.3, -0.25) is 14.2 Å². The lowest BCUT2D eigenvalue weighted by Gasteiger charge is -2.23. The van der Waals surface area contributed by atoms with E-state index < -0.39 is 0 Å². The van der Waals surface area contributed by atoms with Gasteiger partial charge in [-0.15, -0.1) is 11.3 Å². The molecular weight excluding hydrogens is 314 g/mol. The quantitative estimate of drug-likeness (QED) is 0.806. The molecule has 2 aromatic heterocycles. The van der Waals surface area contributed by atoms with Gasteiger partial charge in [0.1, 0.15) is 4.83 Å². The highest BCUT2D eigenvalue weighted by Gasteiger charge is 2.21. The van der Waals surface area contributed by atoms with Gasteiger partial charge < -0.3 is 9.64 Å². The van der Waals surface area contributed by atoms with Gasteiger partial charge in [0.25, 0.3) is 5.56 Å². The molecule has 1 aliphatic heterocycles. The molecule has 124 valence electrons. The van der Waals surface area contributed by atoms with Crippen molar-refractivity contribution in [1.29, 1.82) is 0 Å². The van der Waals surface area contributed by atoms with Gasteiger partial charge in [-0.2, -0.15) is 0 Å². The van der Waals surface area contributed by atoms with Crippen molar-refractivity contribution in [3.63, 3.8) is 0 Å². The molecule has 2 aromatic rings.